The number of aromatic nitrogens is 1. The number of amides is 1. The van der Waals surface area contributed by atoms with E-state index in [-0.39, 0.29) is 30.0 Å². The maximum absolute atomic E-state index is 13.8. The molecule has 6 heteroatoms. The van der Waals surface area contributed by atoms with Crippen LogP contribution in [0.25, 0.3) is 0 Å². The Bertz CT molecular complexity index is 747. The number of rotatable bonds is 6. The molecule has 0 aliphatic heterocycles. The molecule has 1 aromatic heterocycles. The molecule has 1 fully saturated rings. The van der Waals surface area contributed by atoms with Crippen molar-refractivity contribution >= 4 is 5.91 Å². The van der Waals surface area contributed by atoms with Gasteiger partial charge in [0.2, 0.25) is 11.8 Å². The van der Waals surface area contributed by atoms with Gasteiger partial charge in [-0.25, -0.2) is 9.37 Å². The largest absolute Gasteiger partial charge is 0.436 e. The zero-order chi connectivity index (χ0) is 18.4. The molecule has 3 N–H and O–H groups in total. The molecule has 3 rings (SSSR count). The van der Waals surface area contributed by atoms with Gasteiger partial charge in [0.25, 0.3) is 0 Å². The summed E-state index contributed by atoms with van der Waals surface area (Å²) in [7, 11) is 0. The van der Waals surface area contributed by atoms with Crippen LogP contribution in [-0.4, -0.2) is 16.9 Å². The number of hydrogen-bond acceptors (Lipinski definition) is 4. The summed E-state index contributed by atoms with van der Waals surface area (Å²) >= 11 is 0. The van der Waals surface area contributed by atoms with E-state index in [2.05, 4.69) is 10.3 Å². The molecule has 1 aliphatic carbocycles. The first-order chi connectivity index (χ1) is 12.6. The molecule has 1 atom stereocenters. The SMILES string of the molecule is N[C@@H](C(=O)NCc1cccnc1Oc1ccccc1F)C1CCCCC1. The van der Waals surface area contributed by atoms with Crippen LogP contribution >= 0.6 is 0 Å². The Morgan fingerprint density at radius 2 is 2.00 bits per heavy atom. The van der Waals surface area contributed by atoms with Gasteiger partial charge in [0, 0.05) is 18.3 Å². The van der Waals surface area contributed by atoms with E-state index in [1.54, 1.807) is 30.5 Å². The second-order valence-corrected chi connectivity index (χ2v) is 6.64. The second-order valence-electron chi connectivity index (χ2n) is 6.64. The summed E-state index contributed by atoms with van der Waals surface area (Å²) in [5.74, 6) is -0.0290. The molecule has 1 aromatic carbocycles. The Morgan fingerprint density at radius 1 is 1.23 bits per heavy atom. The maximum atomic E-state index is 13.8. The van der Waals surface area contributed by atoms with Crippen molar-refractivity contribution < 1.29 is 13.9 Å². The molecule has 26 heavy (non-hydrogen) atoms. The third-order valence-electron chi connectivity index (χ3n) is 4.81. The van der Waals surface area contributed by atoms with Crippen molar-refractivity contribution in [1.82, 2.24) is 10.3 Å². The first-order valence-corrected chi connectivity index (χ1v) is 9.04. The van der Waals surface area contributed by atoms with Crippen molar-refractivity contribution in [3.8, 4) is 11.6 Å². The summed E-state index contributed by atoms with van der Waals surface area (Å²) in [5.41, 5.74) is 6.80. The van der Waals surface area contributed by atoms with Gasteiger partial charge in [-0.15, -0.1) is 0 Å². The predicted molar refractivity (Wildman–Crippen MR) is 97.1 cm³/mol. The Labute approximate surface area is 152 Å². The first-order valence-electron chi connectivity index (χ1n) is 9.04. The highest BCUT2D eigenvalue weighted by atomic mass is 19.1. The van der Waals surface area contributed by atoms with Crippen molar-refractivity contribution in [3.63, 3.8) is 0 Å². The van der Waals surface area contributed by atoms with E-state index in [1.807, 2.05) is 0 Å². The van der Waals surface area contributed by atoms with Crippen molar-refractivity contribution in [2.75, 3.05) is 0 Å². The minimum Gasteiger partial charge on any atom is -0.436 e. The molecule has 138 valence electrons. The van der Waals surface area contributed by atoms with Crippen LogP contribution in [-0.2, 0) is 11.3 Å². The highest BCUT2D eigenvalue weighted by Gasteiger charge is 2.26. The van der Waals surface area contributed by atoms with E-state index in [0.29, 0.717) is 5.56 Å². The lowest BCUT2D eigenvalue weighted by molar-refractivity contribution is -0.123. The number of para-hydroxylation sites is 1. The molecule has 0 spiro atoms. The monoisotopic (exact) mass is 357 g/mol. The Morgan fingerprint density at radius 3 is 2.77 bits per heavy atom. The summed E-state index contributed by atoms with van der Waals surface area (Å²) in [6.45, 7) is 0.233. The predicted octanol–water partition coefficient (Wildman–Crippen LogP) is 3.54. The minimum atomic E-state index is -0.497. The summed E-state index contributed by atoms with van der Waals surface area (Å²) < 4.78 is 19.4. The highest BCUT2D eigenvalue weighted by Crippen LogP contribution is 2.27. The number of ether oxygens (including phenoxy) is 1. The second kappa shape index (κ2) is 8.76. The van der Waals surface area contributed by atoms with E-state index >= 15 is 0 Å². The van der Waals surface area contributed by atoms with Crippen LogP contribution < -0.4 is 15.8 Å². The maximum Gasteiger partial charge on any atom is 0.237 e. The number of pyridine rings is 1. The normalized spacial score (nSPS) is 16.1. The molecule has 1 heterocycles. The fourth-order valence-corrected chi connectivity index (χ4v) is 3.29. The lowest BCUT2D eigenvalue weighted by Crippen LogP contribution is -2.45. The molecule has 0 unspecified atom stereocenters. The van der Waals surface area contributed by atoms with Gasteiger partial charge in [-0.3, -0.25) is 4.79 Å². The molecule has 5 nitrogen and oxygen atoms in total. The number of carbonyl (C=O) groups is 1. The number of halogens is 1. The third kappa shape index (κ3) is 4.58. The highest BCUT2D eigenvalue weighted by molar-refractivity contribution is 5.81. The average Bonchev–Trinajstić information content (AvgIpc) is 2.69. The Kier molecular flexibility index (Phi) is 6.17. The fraction of sp³-hybridized carbons (Fsp3) is 0.400. The van der Waals surface area contributed by atoms with Crippen LogP contribution in [0.2, 0.25) is 0 Å². The zero-order valence-corrected chi connectivity index (χ0v) is 14.7. The van der Waals surface area contributed by atoms with Crippen molar-refractivity contribution in [2.24, 2.45) is 11.7 Å². The van der Waals surface area contributed by atoms with Crippen LogP contribution in [0.3, 0.4) is 0 Å². The fourth-order valence-electron chi connectivity index (χ4n) is 3.29. The number of carbonyl (C=O) groups excluding carboxylic acids is 1. The number of nitrogens with one attached hydrogen (secondary N) is 1. The lowest BCUT2D eigenvalue weighted by Gasteiger charge is -2.26. The Hall–Kier alpha value is -2.47. The molecule has 0 saturated heterocycles. The van der Waals surface area contributed by atoms with Crippen molar-refractivity contribution in [1.29, 1.82) is 0 Å². The van der Waals surface area contributed by atoms with Gasteiger partial charge in [0.15, 0.2) is 11.6 Å². The van der Waals surface area contributed by atoms with Gasteiger partial charge in [0.1, 0.15) is 0 Å². The molecule has 2 aromatic rings. The third-order valence-corrected chi connectivity index (χ3v) is 4.81. The molecule has 0 radical (unpaired) electrons. The van der Waals surface area contributed by atoms with E-state index in [1.165, 1.54) is 18.6 Å². The van der Waals surface area contributed by atoms with E-state index in [9.17, 15) is 9.18 Å². The minimum absolute atomic E-state index is 0.0951. The van der Waals surface area contributed by atoms with Crippen LogP contribution in [0.4, 0.5) is 4.39 Å². The quantitative estimate of drug-likeness (QED) is 0.829. The summed E-state index contributed by atoms with van der Waals surface area (Å²) in [6, 6.07) is 9.17. The molecule has 0 bridgehead atoms. The topological polar surface area (TPSA) is 77.2 Å². The van der Waals surface area contributed by atoms with Gasteiger partial charge < -0.3 is 15.8 Å². The van der Waals surface area contributed by atoms with Gasteiger partial charge >= 0.3 is 0 Å². The van der Waals surface area contributed by atoms with Gasteiger partial charge in [-0.2, -0.15) is 0 Å². The van der Waals surface area contributed by atoms with Crippen LogP contribution in [0.15, 0.2) is 42.6 Å². The first kappa shape index (κ1) is 18.3. The summed E-state index contributed by atoms with van der Waals surface area (Å²) in [6.07, 6.45) is 7.06. The van der Waals surface area contributed by atoms with E-state index in [4.69, 9.17) is 10.5 Å². The van der Waals surface area contributed by atoms with Crippen molar-refractivity contribution in [2.45, 2.75) is 44.7 Å². The molecular weight excluding hydrogens is 333 g/mol. The van der Waals surface area contributed by atoms with Crippen molar-refractivity contribution in [3.05, 3.63) is 54.0 Å². The summed E-state index contributed by atoms with van der Waals surface area (Å²) in [5, 5.41) is 2.86. The van der Waals surface area contributed by atoms with E-state index < -0.39 is 11.9 Å². The average molecular weight is 357 g/mol. The molecule has 1 aliphatic rings. The van der Waals surface area contributed by atoms with Crippen LogP contribution in [0.1, 0.15) is 37.7 Å². The lowest BCUT2D eigenvalue weighted by atomic mass is 9.84. The number of nitrogens with zero attached hydrogens (tertiary/aromatic N) is 1. The smallest absolute Gasteiger partial charge is 0.237 e. The standard InChI is InChI=1S/C20H24FN3O2/c21-16-10-4-5-11-17(16)26-20-15(9-6-12-23-20)13-24-19(25)18(22)14-7-2-1-3-8-14/h4-6,9-12,14,18H,1-3,7-8,13,22H2,(H,24,25)/t18-/m1/s1. The van der Waals surface area contributed by atoms with Crippen LogP contribution in [0, 0.1) is 11.7 Å². The molecular formula is C20H24FN3O2. The van der Waals surface area contributed by atoms with Gasteiger partial charge in [-0.05, 0) is 37.0 Å². The zero-order valence-electron chi connectivity index (χ0n) is 14.7. The van der Waals surface area contributed by atoms with Crippen LogP contribution in [0.5, 0.6) is 11.6 Å². The Balaban J connectivity index is 1.63. The van der Waals surface area contributed by atoms with E-state index in [0.717, 1.165) is 25.7 Å². The van der Waals surface area contributed by atoms with Gasteiger partial charge in [0.05, 0.1) is 6.04 Å². The molecule has 1 amide bonds. The number of nitrogens with two attached hydrogens (primary N) is 1. The number of hydrogen-bond donors (Lipinski definition) is 2. The molecule has 1 saturated carbocycles. The van der Waals surface area contributed by atoms with Gasteiger partial charge in [-0.1, -0.05) is 37.5 Å². The summed E-state index contributed by atoms with van der Waals surface area (Å²) in [4.78, 5) is 16.5. The number of benzene rings is 1.